The predicted molar refractivity (Wildman–Crippen MR) is 67.5 cm³/mol. The summed E-state index contributed by atoms with van der Waals surface area (Å²) < 4.78 is 5.58. The highest BCUT2D eigenvalue weighted by atomic mass is 16.5. The van der Waals surface area contributed by atoms with Gasteiger partial charge in [-0.05, 0) is 56.4 Å². The molecular weight excluding hydrogens is 214 g/mol. The summed E-state index contributed by atoms with van der Waals surface area (Å²) in [6.45, 7) is 2.90. The average Bonchev–Trinajstić information content (AvgIpc) is 2.27. The van der Waals surface area contributed by atoms with Crippen molar-refractivity contribution in [1.29, 1.82) is 0 Å². The predicted octanol–water partition coefficient (Wildman–Crippen LogP) is 2.63. The molecule has 0 aromatic carbocycles. The van der Waals surface area contributed by atoms with Gasteiger partial charge in [0.2, 0.25) is 0 Å². The molecule has 2 aliphatic rings. The minimum atomic E-state index is -0.0188. The maximum atomic E-state index is 11.9. The lowest BCUT2D eigenvalue weighted by atomic mass is 9.67. The lowest BCUT2D eigenvalue weighted by Crippen LogP contribution is -2.40. The minimum absolute atomic E-state index is 0.0188. The molecule has 2 aliphatic carbocycles. The summed E-state index contributed by atoms with van der Waals surface area (Å²) in [4.78, 5) is 11.9. The number of ether oxygens (including phenoxy) is 1. The van der Waals surface area contributed by atoms with Crippen LogP contribution >= 0.6 is 0 Å². The van der Waals surface area contributed by atoms with Crippen molar-refractivity contribution in [2.75, 3.05) is 6.54 Å². The molecular formula is C14H25NO2. The van der Waals surface area contributed by atoms with Crippen LogP contribution in [0.3, 0.4) is 0 Å². The first kappa shape index (κ1) is 12.9. The Kier molecular flexibility index (Phi) is 4.08. The molecule has 0 atom stereocenters. The molecule has 2 saturated carbocycles. The van der Waals surface area contributed by atoms with Crippen LogP contribution < -0.4 is 5.73 Å². The molecule has 0 heterocycles. The first-order valence-electron chi connectivity index (χ1n) is 7.03. The van der Waals surface area contributed by atoms with E-state index in [4.69, 9.17) is 10.5 Å². The summed E-state index contributed by atoms with van der Waals surface area (Å²) in [7, 11) is 0. The van der Waals surface area contributed by atoms with Crippen molar-refractivity contribution in [3.8, 4) is 0 Å². The van der Waals surface area contributed by atoms with Crippen LogP contribution in [0.15, 0.2) is 0 Å². The number of hydrogen-bond acceptors (Lipinski definition) is 3. The van der Waals surface area contributed by atoms with Gasteiger partial charge < -0.3 is 10.5 Å². The normalized spacial score (nSPS) is 31.6. The fourth-order valence-electron chi connectivity index (χ4n) is 3.01. The van der Waals surface area contributed by atoms with Crippen LogP contribution in [0.2, 0.25) is 0 Å². The number of rotatable bonds is 4. The Hall–Kier alpha value is -0.570. The Morgan fingerprint density at radius 2 is 1.94 bits per heavy atom. The van der Waals surface area contributed by atoms with E-state index >= 15 is 0 Å². The van der Waals surface area contributed by atoms with E-state index in [-0.39, 0.29) is 17.5 Å². The number of nitrogens with two attached hydrogens (primary N) is 1. The molecule has 0 bridgehead atoms. The summed E-state index contributed by atoms with van der Waals surface area (Å²) in [5, 5.41) is 0. The third-order valence-electron chi connectivity index (χ3n) is 4.63. The smallest absolute Gasteiger partial charge is 0.306 e. The van der Waals surface area contributed by atoms with Gasteiger partial charge in [0, 0.05) is 0 Å². The quantitative estimate of drug-likeness (QED) is 0.767. The van der Waals surface area contributed by atoms with E-state index < -0.39 is 0 Å². The van der Waals surface area contributed by atoms with E-state index in [2.05, 4.69) is 6.92 Å². The van der Waals surface area contributed by atoms with Crippen molar-refractivity contribution in [1.82, 2.24) is 0 Å². The Labute approximate surface area is 104 Å². The molecule has 0 spiro atoms. The van der Waals surface area contributed by atoms with Crippen molar-refractivity contribution in [3.05, 3.63) is 0 Å². The minimum Gasteiger partial charge on any atom is -0.462 e. The van der Waals surface area contributed by atoms with Crippen LogP contribution in [0.4, 0.5) is 0 Å². The standard InChI is InChI=1S/C14H25NO2/c1-11-3-5-12(6-4-11)17-13(16)9-14(10-15)7-2-8-14/h11-12H,2-10,15H2,1H3. The Bertz CT molecular complexity index is 260. The van der Waals surface area contributed by atoms with Crippen LogP contribution in [0.25, 0.3) is 0 Å². The molecule has 0 saturated heterocycles. The molecule has 0 amide bonds. The van der Waals surface area contributed by atoms with E-state index in [0.29, 0.717) is 13.0 Å². The highest BCUT2D eigenvalue weighted by Crippen LogP contribution is 2.43. The van der Waals surface area contributed by atoms with Crippen LogP contribution in [0.5, 0.6) is 0 Å². The number of carbonyl (C=O) groups is 1. The fourth-order valence-corrected chi connectivity index (χ4v) is 3.01. The molecule has 2 rings (SSSR count). The molecule has 0 aromatic heterocycles. The molecule has 0 aromatic rings. The van der Waals surface area contributed by atoms with Gasteiger partial charge in [-0.2, -0.15) is 0 Å². The second-order valence-corrected chi connectivity index (χ2v) is 6.11. The average molecular weight is 239 g/mol. The largest absolute Gasteiger partial charge is 0.462 e. The summed E-state index contributed by atoms with van der Waals surface area (Å²) in [6.07, 6.45) is 8.60. The SMILES string of the molecule is CC1CCC(OC(=O)CC2(CN)CCC2)CC1. The maximum absolute atomic E-state index is 11.9. The van der Waals surface area contributed by atoms with Gasteiger partial charge in [-0.1, -0.05) is 13.3 Å². The summed E-state index contributed by atoms with van der Waals surface area (Å²) in [5.41, 5.74) is 5.84. The van der Waals surface area contributed by atoms with Crippen LogP contribution in [0.1, 0.15) is 58.3 Å². The molecule has 3 heteroatoms. The Morgan fingerprint density at radius 1 is 1.29 bits per heavy atom. The van der Waals surface area contributed by atoms with E-state index in [1.54, 1.807) is 0 Å². The monoisotopic (exact) mass is 239 g/mol. The van der Waals surface area contributed by atoms with Crippen molar-refractivity contribution in [3.63, 3.8) is 0 Å². The van der Waals surface area contributed by atoms with Gasteiger partial charge in [0.15, 0.2) is 0 Å². The Morgan fingerprint density at radius 3 is 2.41 bits per heavy atom. The molecule has 0 aliphatic heterocycles. The zero-order chi connectivity index (χ0) is 12.3. The Balaban J connectivity index is 1.73. The topological polar surface area (TPSA) is 52.3 Å². The van der Waals surface area contributed by atoms with Crippen LogP contribution in [-0.4, -0.2) is 18.6 Å². The highest BCUT2D eigenvalue weighted by molar-refractivity contribution is 5.70. The second kappa shape index (κ2) is 5.38. The zero-order valence-corrected chi connectivity index (χ0v) is 10.9. The molecule has 0 unspecified atom stereocenters. The number of hydrogen-bond donors (Lipinski definition) is 1. The van der Waals surface area contributed by atoms with Gasteiger partial charge >= 0.3 is 5.97 Å². The molecule has 0 radical (unpaired) electrons. The van der Waals surface area contributed by atoms with Gasteiger partial charge in [-0.25, -0.2) is 0 Å². The summed E-state index contributed by atoms with van der Waals surface area (Å²) >= 11 is 0. The van der Waals surface area contributed by atoms with Crippen molar-refractivity contribution < 1.29 is 9.53 Å². The third kappa shape index (κ3) is 3.21. The molecule has 17 heavy (non-hydrogen) atoms. The first-order valence-corrected chi connectivity index (χ1v) is 7.03. The summed E-state index contributed by atoms with van der Waals surface area (Å²) in [5.74, 6) is 0.779. The van der Waals surface area contributed by atoms with Crippen LogP contribution in [-0.2, 0) is 9.53 Å². The molecule has 2 fully saturated rings. The van der Waals surface area contributed by atoms with Gasteiger partial charge in [-0.3, -0.25) is 4.79 Å². The molecule has 98 valence electrons. The van der Waals surface area contributed by atoms with Gasteiger partial charge in [0.1, 0.15) is 6.10 Å². The second-order valence-electron chi connectivity index (χ2n) is 6.11. The van der Waals surface area contributed by atoms with Crippen molar-refractivity contribution in [2.24, 2.45) is 17.1 Å². The van der Waals surface area contributed by atoms with Crippen molar-refractivity contribution in [2.45, 2.75) is 64.4 Å². The lowest BCUT2D eigenvalue weighted by Gasteiger charge is -2.40. The first-order chi connectivity index (χ1) is 8.13. The van der Waals surface area contributed by atoms with Gasteiger partial charge in [0.05, 0.1) is 6.42 Å². The lowest BCUT2D eigenvalue weighted by molar-refractivity contribution is -0.155. The fraction of sp³-hybridized carbons (Fsp3) is 0.929. The zero-order valence-electron chi connectivity index (χ0n) is 10.9. The van der Waals surface area contributed by atoms with E-state index in [0.717, 1.165) is 31.6 Å². The number of carbonyl (C=O) groups excluding carboxylic acids is 1. The molecule has 3 nitrogen and oxygen atoms in total. The van der Waals surface area contributed by atoms with E-state index in [1.165, 1.54) is 19.3 Å². The number of esters is 1. The van der Waals surface area contributed by atoms with Crippen molar-refractivity contribution >= 4 is 5.97 Å². The van der Waals surface area contributed by atoms with Gasteiger partial charge in [-0.15, -0.1) is 0 Å². The summed E-state index contributed by atoms with van der Waals surface area (Å²) in [6, 6.07) is 0. The third-order valence-corrected chi connectivity index (χ3v) is 4.63. The highest BCUT2D eigenvalue weighted by Gasteiger charge is 2.38. The molecule has 2 N–H and O–H groups in total. The van der Waals surface area contributed by atoms with E-state index in [9.17, 15) is 4.79 Å². The maximum Gasteiger partial charge on any atom is 0.306 e. The van der Waals surface area contributed by atoms with Gasteiger partial charge in [0.25, 0.3) is 0 Å². The van der Waals surface area contributed by atoms with E-state index in [1.807, 2.05) is 0 Å². The van der Waals surface area contributed by atoms with Crippen LogP contribution in [0, 0.1) is 11.3 Å².